The topological polar surface area (TPSA) is 56.5 Å². The van der Waals surface area contributed by atoms with Crippen LogP contribution in [0.15, 0.2) is 18.2 Å². The number of hydrogen-bond donors (Lipinski definition) is 0. The van der Waals surface area contributed by atoms with E-state index in [-0.39, 0.29) is 0 Å². The van der Waals surface area contributed by atoms with Gasteiger partial charge in [-0.25, -0.2) is 14.3 Å². The number of esters is 1. The summed E-state index contributed by atoms with van der Waals surface area (Å²) in [5.74, 6) is 3.48. The van der Waals surface area contributed by atoms with Gasteiger partial charge in [-0.1, -0.05) is 6.07 Å². The molecule has 0 aliphatic carbocycles. The predicted octanol–water partition coefficient (Wildman–Crippen LogP) is 1.81. The van der Waals surface area contributed by atoms with E-state index in [1.807, 2.05) is 17.8 Å². The van der Waals surface area contributed by atoms with Crippen molar-refractivity contribution in [3.63, 3.8) is 0 Å². The number of methoxy groups -OCH3 is 1. The van der Waals surface area contributed by atoms with Gasteiger partial charge in [0.25, 0.3) is 0 Å². The Hall–Kier alpha value is -1.56. The average molecular weight is 277 g/mol. The normalized spacial score (nSPS) is 18.9. The molecule has 0 N–H and O–H groups in total. The average Bonchev–Trinajstić information content (AvgIpc) is 3.06. The number of carbonyl (C=O) groups is 1. The minimum atomic E-state index is -0.390. The summed E-state index contributed by atoms with van der Waals surface area (Å²) in [4.78, 5) is 16.2. The van der Waals surface area contributed by atoms with Gasteiger partial charge < -0.3 is 4.74 Å². The van der Waals surface area contributed by atoms with Gasteiger partial charge in [-0.3, -0.25) is 0 Å². The van der Waals surface area contributed by atoms with E-state index >= 15 is 0 Å². The van der Waals surface area contributed by atoms with Crippen LogP contribution in [0.4, 0.5) is 0 Å². The van der Waals surface area contributed by atoms with Crippen molar-refractivity contribution in [2.75, 3.05) is 18.6 Å². The predicted molar refractivity (Wildman–Crippen MR) is 73.5 cm³/mol. The minimum Gasteiger partial charge on any atom is -0.464 e. The van der Waals surface area contributed by atoms with Gasteiger partial charge in [-0.2, -0.15) is 16.9 Å². The summed E-state index contributed by atoms with van der Waals surface area (Å²) >= 11 is 1.98. The lowest BCUT2D eigenvalue weighted by molar-refractivity contribution is 0.0591. The molecule has 0 bridgehead atoms. The highest BCUT2D eigenvalue weighted by Gasteiger charge is 2.19. The van der Waals surface area contributed by atoms with E-state index in [0.717, 1.165) is 12.2 Å². The minimum absolute atomic E-state index is 0.390. The molecule has 1 aliphatic rings. The molecule has 100 valence electrons. The number of aromatic nitrogens is 3. The number of ether oxygens (including phenoxy) is 1. The van der Waals surface area contributed by atoms with Crippen LogP contribution in [-0.2, 0) is 11.2 Å². The second kappa shape index (κ2) is 5.21. The van der Waals surface area contributed by atoms with Crippen molar-refractivity contribution >= 4 is 23.4 Å². The molecule has 1 atom stereocenters. The Morgan fingerprint density at radius 2 is 2.47 bits per heavy atom. The third-order valence-corrected chi connectivity index (χ3v) is 4.52. The van der Waals surface area contributed by atoms with Crippen molar-refractivity contribution in [3.8, 4) is 0 Å². The fraction of sp³-hybridized carbons (Fsp3) is 0.462. The highest BCUT2D eigenvalue weighted by atomic mass is 32.2. The lowest BCUT2D eigenvalue weighted by Crippen LogP contribution is -2.09. The van der Waals surface area contributed by atoms with Crippen LogP contribution < -0.4 is 0 Å². The number of fused-ring (bicyclic) bond motifs is 1. The first kappa shape index (κ1) is 12.5. The Morgan fingerprint density at radius 3 is 3.21 bits per heavy atom. The molecule has 2 aromatic heterocycles. The maximum atomic E-state index is 11.7. The molecule has 1 aliphatic heterocycles. The van der Waals surface area contributed by atoms with E-state index < -0.39 is 5.97 Å². The highest BCUT2D eigenvalue weighted by molar-refractivity contribution is 7.99. The number of thioether (sulfide) groups is 1. The van der Waals surface area contributed by atoms with Gasteiger partial charge in [0.2, 0.25) is 0 Å². The van der Waals surface area contributed by atoms with Gasteiger partial charge in [0, 0.05) is 6.42 Å². The van der Waals surface area contributed by atoms with E-state index in [1.54, 1.807) is 16.6 Å². The molecule has 5 nitrogen and oxygen atoms in total. The molecule has 1 saturated heterocycles. The maximum Gasteiger partial charge on any atom is 0.356 e. The van der Waals surface area contributed by atoms with E-state index in [4.69, 9.17) is 4.74 Å². The zero-order chi connectivity index (χ0) is 13.2. The largest absolute Gasteiger partial charge is 0.464 e. The molecule has 6 heteroatoms. The molecule has 0 aromatic carbocycles. The fourth-order valence-corrected chi connectivity index (χ4v) is 3.58. The second-order valence-corrected chi connectivity index (χ2v) is 5.78. The SMILES string of the molecule is COC(=O)c1cccc2nc(CC3CCSC3)nn12. The van der Waals surface area contributed by atoms with Crippen molar-refractivity contribution in [1.29, 1.82) is 0 Å². The molecular formula is C13H15N3O2S. The van der Waals surface area contributed by atoms with Crippen molar-refractivity contribution < 1.29 is 9.53 Å². The summed E-state index contributed by atoms with van der Waals surface area (Å²) in [7, 11) is 1.37. The number of pyridine rings is 1. The molecule has 0 radical (unpaired) electrons. The van der Waals surface area contributed by atoms with Crippen molar-refractivity contribution in [2.24, 2.45) is 5.92 Å². The van der Waals surface area contributed by atoms with Crippen molar-refractivity contribution in [1.82, 2.24) is 14.6 Å². The Morgan fingerprint density at radius 1 is 1.58 bits per heavy atom. The van der Waals surface area contributed by atoms with Gasteiger partial charge in [0.05, 0.1) is 7.11 Å². The summed E-state index contributed by atoms with van der Waals surface area (Å²) in [6.45, 7) is 0. The Labute approximate surface area is 115 Å². The van der Waals surface area contributed by atoms with Crippen LogP contribution in [0.25, 0.3) is 5.65 Å². The van der Waals surface area contributed by atoms with Crippen molar-refractivity contribution in [3.05, 3.63) is 29.7 Å². The molecule has 0 spiro atoms. The van der Waals surface area contributed by atoms with Crippen LogP contribution in [0, 0.1) is 5.92 Å². The zero-order valence-corrected chi connectivity index (χ0v) is 11.5. The summed E-state index contributed by atoms with van der Waals surface area (Å²) in [6.07, 6.45) is 2.11. The van der Waals surface area contributed by atoms with Crippen LogP contribution >= 0.6 is 11.8 Å². The summed E-state index contributed by atoms with van der Waals surface area (Å²) in [6, 6.07) is 5.35. The first-order valence-electron chi connectivity index (χ1n) is 6.28. The lowest BCUT2D eigenvalue weighted by Gasteiger charge is -2.02. The monoisotopic (exact) mass is 277 g/mol. The third kappa shape index (κ3) is 2.45. The molecule has 3 heterocycles. The van der Waals surface area contributed by atoms with Crippen LogP contribution in [0.1, 0.15) is 22.7 Å². The van der Waals surface area contributed by atoms with Gasteiger partial charge in [-0.15, -0.1) is 0 Å². The summed E-state index contributed by atoms with van der Waals surface area (Å²) in [5.41, 5.74) is 1.11. The van der Waals surface area contributed by atoms with E-state index in [2.05, 4.69) is 10.1 Å². The quantitative estimate of drug-likeness (QED) is 0.801. The van der Waals surface area contributed by atoms with Gasteiger partial charge in [0.15, 0.2) is 17.2 Å². The maximum absolute atomic E-state index is 11.7. The van der Waals surface area contributed by atoms with Gasteiger partial charge in [0.1, 0.15) is 0 Å². The van der Waals surface area contributed by atoms with Crippen LogP contribution in [0.3, 0.4) is 0 Å². The molecule has 3 rings (SSSR count). The van der Waals surface area contributed by atoms with Crippen LogP contribution in [-0.4, -0.2) is 39.2 Å². The highest BCUT2D eigenvalue weighted by Crippen LogP contribution is 2.25. The van der Waals surface area contributed by atoms with Crippen LogP contribution in [0.2, 0.25) is 0 Å². The lowest BCUT2D eigenvalue weighted by atomic mass is 10.1. The summed E-state index contributed by atoms with van der Waals surface area (Å²) < 4.78 is 6.33. The second-order valence-electron chi connectivity index (χ2n) is 4.63. The van der Waals surface area contributed by atoms with E-state index in [0.29, 0.717) is 17.3 Å². The Bertz CT molecular complexity index is 605. The summed E-state index contributed by atoms with van der Waals surface area (Å²) in [5, 5.41) is 4.44. The van der Waals surface area contributed by atoms with E-state index in [9.17, 15) is 4.79 Å². The molecule has 19 heavy (non-hydrogen) atoms. The van der Waals surface area contributed by atoms with Gasteiger partial charge >= 0.3 is 5.97 Å². The standard InChI is InChI=1S/C13H15N3O2S/c1-18-13(17)10-3-2-4-12-14-11(15-16(10)12)7-9-5-6-19-8-9/h2-4,9H,5-8H2,1H3. The first-order chi connectivity index (χ1) is 9.28. The van der Waals surface area contributed by atoms with E-state index in [1.165, 1.54) is 25.0 Å². The third-order valence-electron chi connectivity index (χ3n) is 3.29. The van der Waals surface area contributed by atoms with Crippen molar-refractivity contribution in [2.45, 2.75) is 12.8 Å². The molecule has 1 unspecified atom stereocenters. The number of carbonyl (C=O) groups excluding carboxylic acids is 1. The Balaban J connectivity index is 1.93. The smallest absolute Gasteiger partial charge is 0.356 e. The molecular weight excluding hydrogens is 262 g/mol. The molecule has 1 fully saturated rings. The number of hydrogen-bond acceptors (Lipinski definition) is 5. The molecule has 0 amide bonds. The zero-order valence-electron chi connectivity index (χ0n) is 10.7. The fourth-order valence-electron chi connectivity index (χ4n) is 2.30. The molecule has 0 saturated carbocycles. The molecule has 2 aromatic rings. The van der Waals surface area contributed by atoms with Crippen LogP contribution in [0.5, 0.6) is 0 Å². The Kier molecular flexibility index (Phi) is 3.42. The van der Waals surface area contributed by atoms with Gasteiger partial charge in [-0.05, 0) is 36.0 Å². The first-order valence-corrected chi connectivity index (χ1v) is 7.44. The number of nitrogens with zero attached hydrogens (tertiary/aromatic N) is 3. The number of rotatable bonds is 3.